The Labute approximate surface area is 190 Å². The molecule has 172 valence electrons. The summed E-state index contributed by atoms with van der Waals surface area (Å²) in [4.78, 5) is 26.3. The first-order chi connectivity index (χ1) is 14.9. The standard InChI is InChI=1S/C25H32FNO4Si/c1-25(2,3)32(5,6)31-20-13-7-17(8-14-20)23-21(15-16-22(28)30-4)24(29)27(23)19-11-9-18(26)10-12-19/h7-14,21,23H,15-16H2,1-6H3. The van der Waals surface area contributed by atoms with Crippen LogP contribution in [-0.2, 0) is 14.3 Å². The van der Waals surface area contributed by atoms with Gasteiger partial charge in [-0.25, -0.2) is 4.39 Å². The minimum Gasteiger partial charge on any atom is -0.544 e. The van der Waals surface area contributed by atoms with Crippen LogP contribution in [-0.4, -0.2) is 27.3 Å². The van der Waals surface area contributed by atoms with Crippen molar-refractivity contribution in [2.24, 2.45) is 5.92 Å². The van der Waals surface area contributed by atoms with E-state index in [-0.39, 0.29) is 41.1 Å². The minimum atomic E-state index is -1.96. The van der Waals surface area contributed by atoms with Crippen LogP contribution in [0.2, 0.25) is 18.1 Å². The number of carbonyl (C=O) groups is 2. The number of hydrogen-bond acceptors (Lipinski definition) is 4. The quantitative estimate of drug-likeness (QED) is 0.297. The molecule has 5 nitrogen and oxygen atoms in total. The molecule has 2 aromatic rings. The molecule has 1 amide bonds. The number of rotatable bonds is 7. The Bertz CT molecular complexity index is 967. The fourth-order valence-electron chi connectivity index (χ4n) is 3.66. The van der Waals surface area contributed by atoms with Crippen molar-refractivity contribution in [1.82, 2.24) is 0 Å². The average molecular weight is 458 g/mol. The fraction of sp³-hybridized carbons (Fsp3) is 0.440. The molecule has 1 aliphatic heterocycles. The summed E-state index contributed by atoms with van der Waals surface area (Å²) in [6, 6.07) is 13.5. The molecule has 0 N–H and O–H groups in total. The van der Waals surface area contributed by atoms with Crippen LogP contribution in [0.3, 0.4) is 0 Å². The van der Waals surface area contributed by atoms with E-state index < -0.39 is 8.32 Å². The van der Waals surface area contributed by atoms with Crippen molar-refractivity contribution in [1.29, 1.82) is 0 Å². The van der Waals surface area contributed by atoms with Crippen LogP contribution in [0.5, 0.6) is 5.75 Å². The number of esters is 1. The fourth-order valence-corrected chi connectivity index (χ4v) is 4.69. The third-order valence-corrected chi connectivity index (χ3v) is 11.0. The predicted octanol–water partition coefficient (Wildman–Crippen LogP) is 5.87. The number of carbonyl (C=O) groups excluding carboxylic acids is 2. The van der Waals surface area contributed by atoms with Crippen LogP contribution in [0.4, 0.5) is 10.1 Å². The van der Waals surface area contributed by atoms with Crippen molar-refractivity contribution in [3.63, 3.8) is 0 Å². The number of anilines is 1. The van der Waals surface area contributed by atoms with Gasteiger partial charge < -0.3 is 14.1 Å². The van der Waals surface area contributed by atoms with E-state index in [9.17, 15) is 14.0 Å². The molecule has 3 rings (SSSR count). The highest BCUT2D eigenvalue weighted by Gasteiger charge is 2.48. The molecule has 0 aromatic heterocycles. The molecule has 0 radical (unpaired) electrons. The summed E-state index contributed by atoms with van der Waals surface area (Å²) in [5.74, 6) is -0.300. The lowest BCUT2D eigenvalue weighted by Gasteiger charge is -2.47. The summed E-state index contributed by atoms with van der Waals surface area (Å²) in [5, 5.41) is 0.0877. The molecule has 0 spiro atoms. The maximum absolute atomic E-state index is 13.4. The first-order valence-electron chi connectivity index (χ1n) is 10.9. The minimum absolute atomic E-state index is 0.0767. The number of halogens is 1. The first-order valence-corrected chi connectivity index (χ1v) is 13.8. The second-order valence-corrected chi connectivity index (χ2v) is 14.5. The van der Waals surface area contributed by atoms with Gasteiger partial charge in [0.25, 0.3) is 0 Å². The second-order valence-electron chi connectivity index (χ2n) is 9.78. The Balaban J connectivity index is 1.86. The van der Waals surface area contributed by atoms with Gasteiger partial charge in [0, 0.05) is 12.1 Å². The Morgan fingerprint density at radius 1 is 1.06 bits per heavy atom. The maximum atomic E-state index is 13.4. The summed E-state index contributed by atoms with van der Waals surface area (Å²) < 4.78 is 24.5. The molecule has 0 aliphatic carbocycles. The first kappa shape index (κ1) is 24.0. The van der Waals surface area contributed by atoms with Gasteiger partial charge in [0.1, 0.15) is 11.6 Å². The van der Waals surface area contributed by atoms with Crippen molar-refractivity contribution in [3.05, 3.63) is 59.9 Å². The zero-order valence-electron chi connectivity index (χ0n) is 19.6. The highest BCUT2D eigenvalue weighted by Crippen LogP contribution is 2.46. The van der Waals surface area contributed by atoms with E-state index in [0.29, 0.717) is 12.1 Å². The van der Waals surface area contributed by atoms with Gasteiger partial charge in [-0.15, -0.1) is 0 Å². The van der Waals surface area contributed by atoms with Crippen LogP contribution in [0.15, 0.2) is 48.5 Å². The largest absolute Gasteiger partial charge is 0.544 e. The van der Waals surface area contributed by atoms with Crippen LogP contribution < -0.4 is 9.33 Å². The van der Waals surface area contributed by atoms with Crippen molar-refractivity contribution < 1.29 is 23.1 Å². The van der Waals surface area contributed by atoms with Gasteiger partial charge in [0.15, 0.2) is 0 Å². The van der Waals surface area contributed by atoms with Gasteiger partial charge in [0.2, 0.25) is 14.2 Å². The Morgan fingerprint density at radius 3 is 2.19 bits per heavy atom. The molecule has 0 bridgehead atoms. The molecule has 0 saturated carbocycles. The number of benzene rings is 2. The van der Waals surface area contributed by atoms with Gasteiger partial charge in [-0.2, -0.15) is 0 Å². The summed E-state index contributed by atoms with van der Waals surface area (Å²) >= 11 is 0. The third-order valence-electron chi connectivity index (χ3n) is 6.61. The molecular weight excluding hydrogens is 425 g/mol. The molecule has 32 heavy (non-hydrogen) atoms. The molecule has 1 heterocycles. The molecule has 7 heteroatoms. The maximum Gasteiger partial charge on any atom is 0.305 e. The third kappa shape index (κ3) is 4.88. The van der Waals surface area contributed by atoms with Crippen molar-refractivity contribution in [2.45, 2.75) is 57.8 Å². The average Bonchev–Trinajstić information content (AvgIpc) is 2.73. The van der Waals surface area contributed by atoms with Gasteiger partial charge in [-0.3, -0.25) is 9.59 Å². The molecule has 2 unspecified atom stereocenters. The van der Waals surface area contributed by atoms with Gasteiger partial charge in [0.05, 0.1) is 19.1 Å². The number of β-lactam (4-membered cyclic amide) rings is 1. The number of nitrogens with zero attached hydrogens (tertiary/aromatic N) is 1. The molecule has 1 fully saturated rings. The van der Waals surface area contributed by atoms with E-state index >= 15 is 0 Å². The van der Waals surface area contributed by atoms with E-state index in [1.807, 2.05) is 24.3 Å². The molecular formula is C25H32FNO4Si. The van der Waals surface area contributed by atoms with Crippen LogP contribution in [0, 0.1) is 11.7 Å². The lowest BCUT2D eigenvalue weighted by molar-refractivity contribution is -0.141. The van der Waals surface area contributed by atoms with E-state index in [2.05, 4.69) is 33.9 Å². The summed E-state index contributed by atoms with van der Waals surface area (Å²) in [7, 11) is -0.620. The van der Waals surface area contributed by atoms with Crippen LogP contribution in [0.1, 0.15) is 45.2 Å². The van der Waals surface area contributed by atoms with E-state index in [1.54, 1.807) is 17.0 Å². The molecule has 2 aromatic carbocycles. The van der Waals surface area contributed by atoms with Crippen LogP contribution >= 0.6 is 0 Å². The lowest BCUT2D eigenvalue weighted by Crippen LogP contribution is -2.55. The van der Waals surface area contributed by atoms with Crippen molar-refractivity contribution >= 4 is 25.9 Å². The zero-order chi connectivity index (χ0) is 23.7. The topological polar surface area (TPSA) is 55.8 Å². The second kappa shape index (κ2) is 9.06. The number of hydrogen-bond donors (Lipinski definition) is 0. The predicted molar refractivity (Wildman–Crippen MR) is 126 cm³/mol. The van der Waals surface area contributed by atoms with E-state index in [1.165, 1.54) is 19.2 Å². The molecule has 1 aliphatic rings. The van der Waals surface area contributed by atoms with Gasteiger partial charge >= 0.3 is 5.97 Å². The number of methoxy groups -OCH3 is 1. The SMILES string of the molecule is COC(=O)CCC1C(=O)N(c2ccc(F)cc2)C1c1ccc(O[Si](C)(C)C(C)(C)C)cc1. The van der Waals surface area contributed by atoms with E-state index in [0.717, 1.165) is 11.3 Å². The molecule has 1 saturated heterocycles. The monoisotopic (exact) mass is 457 g/mol. The van der Waals surface area contributed by atoms with Gasteiger partial charge in [-0.05, 0) is 66.5 Å². The number of ether oxygens (including phenoxy) is 1. The zero-order valence-corrected chi connectivity index (χ0v) is 20.6. The Hall–Kier alpha value is -2.67. The Morgan fingerprint density at radius 2 is 1.66 bits per heavy atom. The van der Waals surface area contributed by atoms with Crippen molar-refractivity contribution in [2.75, 3.05) is 12.0 Å². The smallest absolute Gasteiger partial charge is 0.305 e. The van der Waals surface area contributed by atoms with Gasteiger partial charge in [-0.1, -0.05) is 32.9 Å². The Kier molecular flexibility index (Phi) is 6.79. The molecule has 2 atom stereocenters. The normalized spacial score (nSPS) is 18.8. The highest BCUT2D eigenvalue weighted by molar-refractivity contribution is 6.74. The lowest BCUT2D eigenvalue weighted by atomic mass is 9.79. The van der Waals surface area contributed by atoms with Crippen LogP contribution in [0.25, 0.3) is 0 Å². The van der Waals surface area contributed by atoms with Crippen molar-refractivity contribution in [3.8, 4) is 5.75 Å². The number of amides is 1. The summed E-state index contributed by atoms with van der Waals surface area (Å²) in [5.41, 5.74) is 1.59. The highest BCUT2D eigenvalue weighted by atomic mass is 28.4. The summed E-state index contributed by atoms with van der Waals surface area (Å²) in [6.07, 6.45) is 0.573. The summed E-state index contributed by atoms with van der Waals surface area (Å²) in [6.45, 7) is 11.0. The van der Waals surface area contributed by atoms with E-state index in [4.69, 9.17) is 9.16 Å².